The summed E-state index contributed by atoms with van der Waals surface area (Å²) in [5.41, 5.74) is 6.62. The first-order valence-corrected chi connectivity index (χ1v) is 10.7. The van der Waals surface area contributed by atoms with E-state index >= 15 is 0 Å². The van der Waals surface area contributed by atoms with Gasteiger partial charge >= 0.3 is 5.00 Å². The van der Waals surface area contributed by atoms with Crippen LogP contribution in [0.25, 0.3) is 0 Å². The molecule has 1 aromatic heterocycles. The fraction of sp³-hybridized carbons (Fsp3) is 0.261. The molecule has 0 amide bonds. The minimum atomic E-state index is -1.72. The Bertz CT molecular complexity index is 1230. The van der Waals surface area contributed by atoms with Gasteiger partial charge in [-0.1, -0.05) is 41.7 Å². The number of nitro groups is 1. The van der Waals surface area contributed by atoms with Crippen LogP contribution in [0.3, 0.4) is 0 Å². The van der Waals surface area contributed by atoms with Crippen molar-refractivity contribution in [3.05, 3.63) is 86.4 Å². The SMILES string of the molecule is N#CC1=C2C=CN(Cc3ccccc3)CC2C(c2ccc([N+](=O)[O-])s2)C(C#N)(C#N)C1N. The van der Waals surface area contributed by atoms with Gasteiger partial charge < -0.3 is 10.6 Å². The van der Waals surface area contributed by atoms with Crippen LogP contribution in [0.2, 0.25) is 0 Å². The highest BCUT2D eigenvalue weighted by Gasteiger charge is 2.56. The van der Waals surface area contributed by atoms with E-state index in [-0.39, 0.29) is 10.6 Å². The topological polar surface area (TPSA) is 144 Å². The molecule has 32 heavy (non-hydrogen) atoms. The van der Waals surface area contributed by atoms with Crippen molar-refractivity contribution >= 4 is 16.3 Å². The molecule has 2 heterocycles. The van der Waals surface area contributed by atoms with Crippen LogP contribution >= 0.6 is 11.3 Å². The molecule has 3 atom stereocenters. The lowest BCUT2D eigenvalue weighted by Crippen LogP contribution is -2.53. The maximum absolute atomic E-state index is 11.3. The number of nitrogens with two attached hydrogens (primary N) is 1. The molecule has 0 radical (unpaired) electrons. The van der Waals surface area contributed by atoms with Crippen LogP contribution in [-0.2, 0) is 6.54 Å². The Morgan fingerprint density at radius 3 is 2.50 bits per heavy atom. The molecule has 1 aliphatic heterocycles. The smallest absolute Gasteiger partial charge is 0.324 e. The van der Waals surface area contributed by atoms with Crippen LogP contribution in [0, 0.1) is 55.4 Å². The van der Waals surface area contributed by atoms with E-state index in [9.17, 15) is 25.9 Å². The van der Waals surface area contributed by atoms with E-state index in [4.69, 9.17) is 5.73 Å². The molecule has 3 unspecified atom stereocenters. The second-order valence-corrected chi connectivity index (χ2v) is 8.89. The lowest BCUT2D eigenvalue weighted by atomic mass is 9.57. The highest BCUT2D eigenvalue weighted by molar-refractivity contribution is 7.15. The fourth-order valence-electron chi connectivity index (χ4n) is 4.62. The van der Waals surface area contributed by atoms with Gasteiger partial charge in [-0.15, -0.1) is 0 Å². The molecular weight excluding hydrogens is 424 g/mol. The van der Waals surface area contributed by atoms with E-state index in [0.717, 1.165) is 16.9 Å². The number of allylic oxidation sites excluding steroid dienone is 1. The summed E-state index contributed by atoms with van der Waals surface area (Å²) in [5.74, 6) is -1.10. The highest BCUT2D eigenvalue weighted by Crippen LogP contribution is 2.54. The van der Waals surface area contributed by atoms with Gasteiger partial charge in [-0.2, -0.15) is 15.8 Å². The number of rotatable bonds is 4. The Morgan fingerprint density at radius 2 is 1.91 bits per heavy atom. The van der Waals surface area contributed by atoms with Gasteiger partial charge in [0.15, 0.2) is 5.41 Å². The molecule has 0 bridgehead atoms. The van der Waals surface area contributed by atoms with E-state index < -0.39 is 28.2 Å². The van der Waals surface area contributed by atoms with Crippen LogP contribution < -0.4 is 5.73 Å². The quantitative estimate of drug-likeness (QED) is 0.563. The maximum atomic E-state index is 11.3. The van der Waals surface area contributed by atoms with Gasteiger partial charge in [0.1, 0.15) is 0 Å². The summed E-state index contributed by atoms with van der Waals surface area (Å²) < 4.78 is 0. The van der Waals surface area contributed by atoms with E-state index in [0.29, 0.717) is 23.5 Å². The number of benzene rings is 1. The molecule has 0 fully saturated rings. The minimum Gasteiger partial charge on any atom is -0.372 e. The standard InChI is InChI=1S/C23H18N6O2S/c24-10-17-16-8-9-28(11-15-4-2-1-3-5-15)12-18(16)21(23(13-25,14-26)22(17)27)19-6-7-20(32-19)29(30)31/h1-9,18,21-22H,11-12,27H2. The number of nitrogens with zero attached hydrogens (tertiary/aromatic N) is 5. The van der Waals surface area contributed by atoms with Crippen molar-refractivity contribution in [1.29, 1.82) is 15.8 Å². The third kappa shape index (κ3) is 3.33. The average Bonchev–Trinajstić information content (AvgIpc) is 3.29. The van der Waals surface area contributed by atoms with E-state index in [2.05, 4.69) is 23.1 Å². The Kier molecular flexibility index (Phi) is 5.50. The summed E-state index contributed by atoms with van der Waals surface area (Å²) in [6.07, 6.45) is 3.71. The largest absolute Gasteiger partial charge is 0.372 e. The molecule has 4 rings (SSSR count). The zero-order valence-corrected chi connectivity index (χ0v) is 17.7. The predicted molar refractivity (Wildman–Crippen MR) is 117 cm³/mol. The Balaban J connectivity index is 1.84. The molecule has 9 heteroatoms. The third-order valence-corrected chi connectivity index (χ3v) is 7.24. The van der Waals surface area contributed by atoms with Gasteiger partial charge in [0.05, 0.1) is 34.7 Å². The minimum absolute atomic E-state index is 0.0672. The molecule has 2 N–H and O–H groups in total. The zero-order valence-electron chi connectivity index (χ0n) is 16.9. The van der Waals surface area contributed by atoms with Gasteiger partial charge in [0.25, 0.3) is 0 Å². The number of nitriles is 3. The summed E-state index contributed by atoms with van der Waals surface area (Å²) in [5, 5.41) is 41.3. The molecule has 2 aliphatic rings. The van der Waals surface area contributed by atoms with Crippen molar-refractivity contribution in [3.63, 3.8) is 0 Å². The predicted octanol–water partition coefficient (Wildman–Crippen LogP) is 3.58. The van der Waals surface area contributed by atoms with Crippen LogP contribution in [-0.4, -0.2) is 22.4 Å². The van der Waals surface area contributed by atoms with Crippen molar-refractivity contribution in [1.82, 2.24) is 4.90 Å². The third-order valence-electron chi connectivity index (χ3n) is 6.12. The zero-order chi connectivity index (χ0) is 22.9. The highest BCUT2D eigenvalue weighted by atomic mass is 32.1. The Morgan fingerprint density at radius 1 is 1.19 bits per heavy atom. The number of thiophene rings is 1. The van der Waals surface area contributed by atoms with Crippen molar-refractivity contribution in [2.45, 2.75) is 18.5 Å². The van der Waals surface area contributed by atoms with Crippen LogP contribution in [0.1, 0.15) is 16.4 Å². The van der Waals surface area contributed by atoms with Crippen LogP contribution in [0.15, 0.2) is 65.9 Å². The van der Waals surface area contributed by atoms with Crippen molar-refractivity contribution < 1.29 is 4.92 Å². The van der Waals surface area contributed by atoms with Gasteiger partial charge in [0, 0.05) is 35.9 Å². The van der Waals surface area contributed by atoms with Crippen LogP contribution in [0.4, 0.5) is 5.00 Å². The van der Waals surface area contributed by atoms with Gasteiger partial charge in [-0.25, -0.2) is 0 Å². The van der Waals surface area contributed by atoms with Crippen molar-refractivity contribution in [2.24, 2.45) is 17.1 Å². The van der Waals surface area contributed by atoms with Crippen LogP contribution in [0.5, 0.6) is 0 Å². The van der Waals surface area contributed by atoms with Gasteiger partial charge in [0.2, 0.25) is 0 Å². The second-order valence-electron chi connectivity index (χ2n) is 7.80. The Hall–Kier alpha value is -3.97. The molecule has 1 aromatic carbocycles. The van der Waals surface area contributed by atoms with Crippen molar-refractivity contribution in [3.8, 4) is 18.2 Å². The van der Waals surface area contributed by atoms with E-state index in [1.807, 2.05) is 42.6 Å². The molecule has 1 aliphatic carbocycles. The lowest BCUT2D eigenvalue weighted by molar-refractivity contribution is -0.380. The number of hydrogen-bond donors (Lipinski definition) is 1. The summed E-state index contributed by atoms with van der Waals surface area (Å²) >= 11 is 0.947. The molecular formula is C23H18N6O2S. The monoisotopic (exact) mass is 442 g/mol. The molecule has 2 aromatic rings. The molecule has 8 nitrogen and oxygen atoms in total. The van der Waals surface area contributed by atoms with E-state index in [1.54, 1.807) is 6.07 Å². The van der Waals surface area contributed by atoms with Gasteiger partial charge in [-0.05, 0) is 29.5 Å². The first-order chi connectivity index (χ1) is 15.4. The molecule has 0 saturated heterocycles. The lowest BCUT2D eigenvalue weighted by Gasteiger charge is -2.46. The normalized spacial score (nSPS) is 23.6. The van der Waals surface area contributed by atoms with Gasteiger partial charge in [-0.3, -0.25) is 10.1 Å². The maximum Gasteiger partial charge on any atom is 0.324 e. The number of hydrogen-bond acceptors (Lipinski definition) is 8. The summed E-state index contributed by atoms with van der Waals surface area (Å²) in [7, 11) is 0. The number of fused-ring (bicyclic) bond motifs is 1. The first kappa shape index (κ1) is 21.3. The Labute approximate surface area is 188 Å². The average molecular weight is 443 g/mol. The summed E-state index contributed by atoms with van der Waals surface area (Å²) in [6.45, 7) is 1.05. The molecule has 158 valence electrons. The molecule has 0 saturated carbocycles. The second kappa shape index (κ2) is 8.28. The van der Waals surface area contributed by atoms with Crippen molar-refractivity contribution in [2.75, 3.05) is 6.54 Å². The fourth-order valence-corrected chi connectivity index (χ4v) is 5.68. The summed E-state index contributed by atoms with van der Waals surface area (Å²) in [4.78, 5) is 13.4. The molecule has 0 spiro atoms. The summed E-state index contributed by atoms with van der Waals surface area (Å²) in [6, 6.07) is 18.0. The van der Waals surface area contributed by atoms with E-state index in [1.165, 1.54) is 6.07 Å². The first-order valence-electron chi connectivity index (χ1n) is 9.87.